The van der Waals surface area contributed by atoms with Crippen molar-refractivity contribution < 1.29 is 14.6 Å². The van der Waals surface area contributed by atoms with Crippen LogP contribution in [0.15, 0.2) is 18.2 Å². The normalized spacial score (nSPS) is 32.3. The van der Waals surface area contributed by atoms with Crippen LogP contribution in [-0.2, 0) is 0 Å². The van der Waals surface area contributed by atoms with Gasteiger partial charge >= 0.3 is 0 Å². The molecule has 0 bridgehead atoms. The number of methoxy groups -OCH3 is 1. The van der Waals surface area contributed by atoms with Crippen molar-refractivity contribution in [1.82, 2.24) is 0 Å². The van der Waals surface area contributed by atoms with E-state index in [9.17, 15) is 5.11 Å². The minimum Gasteiger partial charge on any atom is -0.497 e. The molecule has 0 spiro atoms. The molecule has 1 aromatic carbocycles. The monoisotopic (exact) mass is 248 g/mol. The molecule has 98 valence electrons. The van der Waals surface area contributed by atoms with Gasteiger partial charge in [0.05, 0.1) is 13.2 Å². The highest BCUT2D eigenvalue weighted by Crippen LogP contribution is 2.59. The summed E-state index contributed by atoms with van der Waals surface area (Å²) < 4.78 is 11.4. The first kappa shape index (κ1) is 11.8. The fraction of sp³-hybridized carbons (Fsp3) is 0.600. The molecular formula is C15H20O3. The maximum absolute atomic E-state index is 10.4. The zero-order chi connectivity index (χ0) is 13.0. The van der Waals surface area contributed by atoms with Crippen LogP contribution in [-0.4, -0.2) is 17.8 Å². The predicted octanol–water partition coefficient (Wildman–Crippen LogP) is 3.07. The van der Waals surface area contributed by atoms with Crippen LogP contribution in [0.4, 0.5) is 0 Å². The maximum Gasteiger partial charge on any atom is 0.126 e. The van der Waals surface area contributed by atoms with E-state index in [1.165, 1.54) is 12.8 Å². The molecule has 1 saturated carbocycles. The third-order valence-corrected chi connectivity index (χ3v) is 4.77. The highest BCUT2D eigenvalue weighted by molar-refractivity contribution is 5.44. The highest BCUT2D eigenvalue weighted by Gasteiger charge is 2.57. The summed E-state index contributed by atoms with van der Waals surface area (Å²) in [6.07, 6.45) is 2.55. The first-order chi connectivity index (χ1) is 8.47. The van der Waals surface area contributed by atoms with E-state index in [1.54, 1.807) is 7.11 Å². The summed E-state index contributed by atoms with van der Waals surface area (Å²) >= 11 is 0. The van der Waals surface area contributed by atoms with Gasteiger partial charge in [-0.2, -0.15) is 0 Å². The number of fused-ring (bicyclic) bond motifs is 1. The zero-order valence-electron chi connectivity index (χ0n) is 11.2. The zero-order valence-corrected chi connectivity index (χ0v) is 11.2. The molecule has 0 radical (unpaired) electrons. The molecule has 1 N–H and O–H groups in total. The summed E-state index contributed by atoms with van der Waals surface area (Å²) in [5.41, 5.74) is 0.802. The Morgan fingerprint density at radius 3 is 2.67 bits per heavy atom. The number of benzene rings is 1. The van der Waals surface area contributed by atoms with Crippen LogP contribution >= 0.6 is 0 Å². The Bertz CT molecular complexity index is 479. The van der Waals surface area contributed by atoms with Crippen LogP contribution in [0.3, 0.4) is 0 Å². The van der Waals surface area contributed by atoms with Gasteiger partial charge in [0, 0.05) is 17.4 Å². The molecule has 1 heterocycles. The van der Waals surface area contributed by atoms with Gasteiger partial charge in [-0.05, 0) is 38.0 Å². The van der Waals surface area contributed by atoms with Crippen LogP contribution in [0, 0.1) is 5.41 Å². The van der Waals surface area contributed by atoms with Crippen molar-refractivity contribution in [2.75, 3.05) is 7.11 Å². The molecular weight excluding hydrogens is 228 g/mol. The van der Waals surface area contributed by atoms with Gasteiger partial charge in [-0.3, -0.25) is 0 Å². The van der Waals surface area contributed by atoms with Gasteiger partial charge < -0.3 is 14.6 Å². The number of hydrogen-bond acceptors (Lipinski definition) is 3. The Balaban J connectivity index is 1.98. The second-order valence-corrected chi connectivity index (χ2v) is 6.02. The molecule has 3 rings (SSSR count). The summed E-state index contributed by atoms with van der Waals surface area (Å²) in [7, 11) is 1.63. The molecule has 2 aliphatic rings. The third-order valence-electron chi connectivity index (χ3n) is 4.77. The van der Waals surface area contributed by atoms with E-state index in [4.69, 9.17) is 9.47 Å². The van der Waals surface area contributed by atoms with Crippen molar-refractivity contribution in [3.05, 3.63) is 23.8 Å². The lowest BCUT2D eigenvalue weighted by Crippen LogP contribution is -2.45. The van der Waals surface area contributed by atoms with E-state index >= 15 is 0 Å². The molecule has 3 heteroatoms. The summed E-state index contributed by atoms with van der Waals surface area (Å²) in [5.74, 6) is 1.56. The lowest BCUT2D eigenvalue weighted by Gasteiger charge is -2.42. The van der Waals surface area contributed by atoms with Crippen molar-refractivity contribution in [2.24, 2.45) is 5.41 Å². The lowest BCUT2D eigenvalue weighted by atomic mass is 9.79. The van der Waals surface area contributed by atoms with E-state index < -0.39 is 6.10 Å². The van der Waals surface area contributed by atoms with Crippen molar-refractivity contribution in [2.45, 2.75) is 44.8 Å². The number of aliphatic hydroxyl groups is 1. The van der Waals surface area contributed by atoms with Gasteiger partial charge in [0.25, 0.3) is 0 Å². The van der Waals surface area contributed by atoms with Crippen molar-refractivity contribution in [3.8, 4) is 11.5 Å². The first-order valence-corrected chi connectivity index (χ1v) is 6.52. The predicted molar refractivity (Wildman–Crippen MR) is 68.9 cm³/mol. The fourth-order valence-electron chi connectivity index (χ4n) is 2.86. The Kier molecular flexibility index (Phi) is 2.39. The van der Waals surface area contributed by atoms with E-state index in [-0.39, 0.29) is 11.0 Å². The summed E-state index contributed by atoms with van der Waals surface area (Å²) in [5, 5.41) is 10.4. The minimum atomic E-state index is -0.466. The Morgan fingerprint density at radius 1 is 1.33 bits per heavy atom. The van der Waals surface area contributed by atoms with E-state index in [0.717, 1.165) is 17.1 Å². The molecule has 1 fully saturated rings. The molecule has 0 amide bonds. The molecule has 0 saturated heterocycles. The van der Waals surface area contributed by atoms with Gasteiger partial charge in [0.2, 0.25) is 0 Å². The standard InChI is InChI=1S/C15H20O3/c1-14(6-7-14)15(2)9-12(16)11-8-10(17-3)4-5-13(11)18-15/h4-5,8,12,16H,6-7,9H2,1-3H3/t12-,15?/m1/s1. The average Bonchev–Trinajstić information content (AvgIpc) is 3.09. The minimum absolute atomic E-state index is 0.214. The van der Waals surface area contributed by atoms with Crippen molar-refractivity contribution in [3.63, 3.8) is 0 Å². The van der Waals surface area contributed by atoms with Crippen LogP contribution in [0.2, 0.25) is 0 Å². The Labute approximate surface area is 108 Å². The number of hydrogen-bond donors (Lipinski definition) is 1. The van der Waals surface area contributed by atoms with E-state index in [0.29, 0.717) is 6.42 Å². The third kappa shape index (κ3) is 1.61. The molecule has 1 aromatic rings. The van der Waals surface area contributed by atoms with Crippen molar-refractivity contribution >= 4 is 0 Å². The topological polar surface area (TPSA) is 38.7 Å². The first-order valence-electron chi connectivity index (χ1n) is 6.52. The molecule has 18 heavy (non-hydrogen) atoms. The smallest absolute Gasteiger partial charge is 0.126 e. The number of aliphatic hydroxyl groups excluding tert-OH is 1. The summed E-state index contributed by atoms with van der Waals surface area (Å²) in [6.45, 7) is 4.37. The quantitative estimate of drug-likeness (QED) is 0.874. The fourth-order valence-corrected chi connectivity index (χ4v) is 2.86. The summed E-state index contributed by atoms with van der Waals surface area (Å²) in [6, 6.07) is 5.65. The van der Waals surface area contributed by atoms with Gasteiger partial charge in [0.15, 0.2) is 0 Å². The van der Waals surface area contributed by atoms with Gasteiger partial charge in [-0.25, -0.2) is 0 Å². The molecule has 1 unspecified atom stereocenters. The SMILES string of the molecule is COc1ccc2c(c1)[C@H](O)CC(C)(C1(C)CC1)O2. The van der Waals surface area contributed by atoms with Gasteiger partial charge in [-0.1, -0.05) is 6.92 Å². The van der Waals surface area contributed by atoms with Crippen LogP contribution < -0.4 is 9.47 Å². The lowest BCUT2D eigenvalue weighted by molar-refractivity contribution is -0.0473. The molecule has 1 aliphatic carbocycles. The largest absolute Gasteiger partial charge is 0.497 e. The van der Waals surface area contributed by atoms with E-state index in [2.05, 4.69) is 13.8 Å². The number of rotatable bonds is 2. The van der Waals surface area contributed by atoms with Crippen LogP contribution in [0.25, 0.3) is 0 Å². The van der Waals surface area contributed by atoms with Gasteiger partial charge in [0.1, 0.15) is 17.1 Å². The molecule has 2 atom stereocenters. The molecule has 0 aromatic heterocycles. The highest BCUT2D eigenvalue weighted by atomic mass is 16.5. The van der Waals surface area contributed by atoms with E-state index in [1.807, 2.05) is 18.2 Å². The molecule has 3 nitrogen and oxygen atoms in total. The van der Waals surface area contributed by atoms with Crippen LogP contribution in [0.5, 0.6) is 11.5 Å². The Hall–Kier alpha value is -1.22. The maximum atomic E-state index is 10.4. The Morgan fingerprint density at radius 2 is 2.06 bits per heavy atom. The molecule has 1 aliphatic heterocycles. The van der Waals surface area contributed by atoms with Gasteiger partial charge in [-0.15, -0.1) is 0 Å². The van der Waals surface area contributed by atoms with Crippen molar-refractivity contribution in [1.29, 1.82) is 0 Å². The second-order valence-electron chi connectivity index (χ2n) is 6.02. The second kappa shape index (κ2) is 3.64. The number of ether oxygens (including phenoxy) is 2. The average molecular weight is 248 g/mol. The van der Waals surface area contributed by atoms with Crippen LogP contribution in [0.1, 0.15) is 44.8 Å². The summed E-state index contributed by atoms with van der Waals surface area (Å²) in [4.78, 5) is 0.